The Morgan fingerprint density at radius 1 is 0.821 bits per heavy atom. The first-order chi connectivity index (χ1) is 13.3. The van der Waals surface area contributed by atoms with E-state index in [0.717, 1.165) is 15.3 Å². The van der Waals surface area contributed by atoms with E-state index in [9.17, 15) is 9.59 Å². The monoisotopic (exact) mass is 412 g/mol. The highest BCUT2D eigenvalue weighted by Gasteiger charge is 2.20. The van der Waals surface area contributed by atoms with Gasteiger partial charge >= 0.3 is 0 Å². The summed E-state index contributed by atoms with van der Waals surface area (Å²) < 4.78 is 0. The lowest BCUT2D eigenvalue weighted by Gasteiger charge is -2.21. The van der Waals surface area contributed by atoms with Crippen LogP contribution in [0.5, 0.6) is 0 Å². The molecule has 0 saturated carbocycles. The SMILES string of the molecule is CC(C)(C)c1cc(C(=O)NCc2cccs2)cc(C(=O)NCc2cccs2)c1. The Bertz CT molecular complexity index is 871. The Hall–Kier alpha value is -2.44. The van der Waals surface area contributed by atoms with Crippen molar-refractivity contribution in [1.29, 1.82) is 0 Å². The summed E-state index contributed by atoms with van der Waals surface area (Å²) in [6.45, 7) is 7.18. The van der Waals surface area contributed by atoms with Crippen molar-refractivity contribution < 1.29 is 9.59 Å². The number of hydrogen-bond donors (Lipinski definition) is 2. The van der Waals surface area contributed by atoms with Crippen LogP contribution < -0.4 is 10.6 Å². The fourth-order valence-corrected chi connectivity index (χ4v) is 3.98. The molecule has 1 aromatic carbocycles. The molecular formula is C22H24N2O2S2. The lowest BCUT2D eigenvalue weighted by Crippen LogP contribution is -2.26. The van der Waals surface area contributed by atoms with Crippen LogP contribution in [0.15, 0.2) is 53.2 Å². The maximum absolute atomic E-state index is 12.7. The summed E-state index contributed by atoms with van der Waals surface area (Å²) in [5.74, 6) is -0.349. The van der Waals surface area contributed by atoms with Crippen molar-refractivity contribution in [3.63, 3.8) is 0 Å². The maximum Gasteiger partial charge on any atom is 0.251 e. The topological polar surface area (TPSA) is 58.2 Å². The van der Waals surface area contributed by atoms with E-state index in [-0.39, 0.29) is 17.2 Å². The Morgan fingerprint density at radius 2 is 1.29 bits per heavy atom. The van der Waals surface area contributed by atoms with Crippen LogP contribution in [0.2, 0.25) is 0 Å². The van der Waals surface area contributed by atoms with Gasteiger partial charge in [-0.2, -0.15) is 0 Å². The van der Waals surface area contributed by atoms with E-state index >= 15 is 0 Å². The van der Waals surface area contributed by atoms with Gasteiger partial charge in [0.25, 0.3) is 11.8 Å². The fourth-order valence-electron chi connectivity index (χ4n) is 2.69. The molecule has 2 heterocycles. The van der Waals surface area contributed by atoms with E-state index in [4.69, 9.17) is 0 Å². The largest absolute Gasteiger partial charge is 0.347 e. The average Bonchev–Trinajstić information content (AvgIpc) is 3.36. The molecule has 3 aromatic rings. The number of nitrogens with one attached hydrogen (secondary N) is 2. The van der Waals surface area contributed by atoms with Crippen molar-refractivity contribution in [3.05, 3.63) is 79.7 Å². The van der Waals surface area contributed by atoms with Gasteiger partial charge in [-0.3, -0.25) is 9.59 Å². The predicted octanol–water partition coefficient (Wildman–Crippen LogP) is 4.97. The molecule has 28 heavy (non-hydrogen) atoms. The molecule has 6 heteroatoms. The van der Waals surface area contributed by atoms with Crippen molar-refractivity contribution in [1.82, 2.24) is 10.6 Å². The zero-order valence-corrected chi connectivity index (χ0v) is 17.9. The van der Waals surface area contributed by atoms with Gasteiger partial charge in [-0.15, -0.1) is 22.7 Å². The second-order valence-corrected chi connectivity index (χ2v) is 9.64. The third kappa shape index (κ3) is 5.30. The summed E-state index contributed by atoms with van der Waals surface area (Å²) in [5, 5.41) is 9.85. The molecule has 2 aromatic heterocycles. The van der Waals surface area contributed by atoms with E-state index in [0.29, 0.717) is 24.2 Å². The minimum Gasteiger partial charge on any atom is -0.347 e. The molecule has 4 nitrogen and oxygen atoms in total. The summed E-state index contributed by atoms with van der Waals surface area (Å²) in [6, 6.07) is 13.3. The first kappa shape index (κ1) is 20.3. The van der Waals surface area contributed by atoms with E-state index < -0.39 is 0 Å². The second-order valence-electron chi connectivity index (χ2n) is 7.57. The van der Waals surface area contributed by atoms with Crippen molar-refractivity contribution in [2.45, 2.75) is 39.3 Å². The van der Waals surface area contributed by atoms with Gasteiger partial charge in [0.2, 0.25) is 0 Å². The Kier molecular flexibility index (Phi) is 6.31. The van der Waals surface area contributed by atoms with Crippen molar-refractivity contribution >= 4 is 34.5 Å². The van der Waals surface area contributed by atoms with Gasteiger partial charge in [0.05, 0.1) is 13.1 Å². The van der Waals surface area contributed by atoms with Gasteiger partial charge < -0.3 is 10.6 Å². The molecule has 146 valence electrons. The fraction of sp³-hybridized carbons (Fsp3) is 0.273. The summed E-state index contributed by atoms with van der Waals surface area (Å²) >= 11 is 3.21. The van der Waals surface area contributed by atoms with Crippen molar-refractivity contribution in [2.24, 2.45) is 0 Å². The van der Waals surface area contributed by atoms with Crippen LogP contribution >= 0.6 is 22.7 Å². The van der Waals surface area contributed by atoms with Gasteiger partial charge in [0, 0.05) is 20.9 Å². The highest BCUT2D eigenvalue weighted by atomic mass is 32.1. The molecule has 0 bridgehead atoms. The summed E-state index contributed by atoms with van der Waals surface area (Å²) in [5.41, 5.74) is 1.79. The number of thiophene rings is 2. The number of hydrogen-bond acceptors (Lipinski definition) is 4. The van der Waals surface area contributed by atoms with Crippen molar-refractivity contribution in [3.8, 4) is 0 Å². The first-order valence-corrected chi connectivity index (χ1v) is 10.9. The zero-order valence-electron chi connectivity index (χ0n) is 16.2. The van der Waals surface area contributed by atoms with E-state index in [2.05, 4.69) is 31.4 Å². The Labute approximate surface area is 173 Å². The zero-order chi connectivity index (χ0) is 20.1. The highest BCUT2D eigenvalue weighted by Crippen LogP contribution is 2.25. The maximum atomic E-state index is 12.7. The average molecular weight is 413 g/mol. The molecule has 0 radical (unpaired) electrons. The number of carbonyl (C=O) groups is 2. The Balaban J connectivity index is 1.79. The summed E-state index contributed by atoms with van der Waals surface area (Å²) in [4.78, 5) is 27.6. The minimum atomic E-state index is -0.174. The summed E-state index contributed by atoms with van der Waals surface area (Å²) in [6.07, 6.45) is 0. The molecule has 0 unspecified atom stereocenters. The smallest absolute Gasteiger partial charge is 0.251 e. The van der Waals surface area contributed by atoms with E-state index in [1.807, 2.05) is 47.2 Å². The Morgan fingerprint density at radius 3 is 1.64 bits per heavy atom. The summed E-state index contributed by atoms with van der Waals surface area (Å²) in [7, 11) is 0. The minimum absolute atomic E-state index is 0.174. The predicted molar refractivity (Wildman–Crippen MR) is 116 cm³/mol. The third-order valence-corrected chi connectivity index (χ3v) is 6.08. The standard InChI is InChI=1S/C22H24N2O2S2/c1-22(2,3)17-11-15(20(25)23-13-18-6-4-8-27-18)10-16(12-17)21(26)24-14-19-7-5-9-28-19/h4-12H,13-14H2,1-3H3,(H,23,25)(H,24,26). The number of carbonyl (C=O) groups excluding carboxylic acids is 2. The molecule has 0 fully saturated rings. The van der Waals surface area contributed by atoms with Crippen LogP contribution in [-0.4, -0.2) is 11.8 Å². The molecule has 0 aliphatic rings. The van der Waals surface area contributed by atoms with Crippen LogP contribution in [0.1, 0.15) is 56.8 Å². The molecule has 2 amide bonds. The third-order valence-electron chi connectivity index (χ3n) is 4.33. The lowest BCUT2D eigenvalue weighted by molar-refractivity contribution is 0.0950. The van der Waals surface area contributed by atoms with Gasteiger partial charge in [0.1, 0.15) is 0 Å². The van der Waals surface area contributed by atoms with Crippen LogP contribution in [0, 0.1) is 0 Å². The molecule has 0 spiro atoms. The second kappa shape index (κ2) is 8.71. The normalized spacial score (nSPS) is 11.2. The lowest BCUT2D eigenvalue weighted by atomic mass is 9.85. The molecule has 3 rings (SSSR count). The quantitative estimate of drug-likeness (QED) is 0.601. The molecule has 0 aliphatic heterocycles. The number of rotatable bonds is 6. The molecule has 0 saturated heterocycles. The van der Waals surface area contributed by atoms with E-state index in [1.165, 1.54) is 0 Å². The van der Waals surface area contributed by atoms with E-state index in [1.54, 1.807) is 28.7 Å². The van der Waals surface area contributed by atoms with Gasteiger partial charge in [0.15, 0.2) is 0 Å². The van der Waals surface area contributed by atoms with Gasteiger partial charge in [-0.1, -0.05) is 32.9 Å². The van der Waals surface area contributed by atoms with Gasteiger partial charge in [-0.25, -0.2) is 0 Å². The van der Waals surface area contributed by atoms with Crippen LogP contribution in [0.4, 0.5) is 0 Å². The number of amides is 2. The van der Waals surface area contributed by atoms with Gasteiger partial charge in [-0.05, 0) is 52.1 Å². The molecular weight excluding hydrogens is 388 g/mol. The van der Waals surface area contributed by atoms with Crippen molar-refractivity contribution in [2.75, 3.05) is 0 Å². The molecule has 0 atom stereocenters. The molecule has 0 aliphatic carbocycles. The first-order valence-electron chi connectivity index (χ1n) is 9.09. The van der Waals surface area contributed by atoms with Crippen LogP contribution in [0.25, 0.3) is 0 Å². The van der Waals surface area contributed by atoms with Crippen LogP contribution in [0.3, 0.4) is 0 Å². The van der Waals surface area contributed by atoms with Crippen LogP contribution in [-0.2, 0) is 18.5 Å². The highest BCUT2D eigenvalue weighted by molar-refractivity contribution is 7.10. The number of benzene rings is 1. The molecule has 2 N–H and O–H groups in total.